The highest BCUT2D eigenvalue weighted by atomic mass is 16.5. The van der Waals surface area contributed by atoms with Crippen molar-refractivity contribution in [2.24, 2.45) is 0 Å². The van der Waals surface area contributed by atoms with Crippen LogP contribution in [0, 0.1) is 6.92 Å². The molecule has 0 aromatic heterocycles. The largest absolute Gasteiger partial charge is 0.484 e. The van der Waals surface area contributed by atoms with Crippen LogP contribution in [0.25, 0.3) is 0 Å². The van der Waals surface area contributed by atoms with E-state index in [4.69, 9.17) is 9.47 Å². The van der Waals surface area contributed by atoms with E-state index in [1.807, 2.05) is 41.0 Å². The number of para-hydroxylation sites is 1. The van der Waals surface area contributed by atoms with Gasteiger partial charge in [0.25, 0.3) is 5.91 Å². The lowest BCUT2D eigenvalue weighted by Gasteiger charge is -2.38. The molecule has 2 saturated heterocycles. The van der Waals surface area contributed by atoms with Gasteiger partial charge in [-0.2, -0.15) is 0 Å². The molecule has 3 rings (SSSR count). The lowest BCUT2D eigenvalue weighted by molar-refractivity contribution is -0.134. The Labute approximate surface area is 148 Å². The van der Waals surface area contributed by atoms with Crippen molar-refractivity contribution < 1.29 is 19.1 Å². The smallest absolute Gasteiger partial charge is 0.320 e. The summed E-state index contributed by atoms with van der Waals surface area (Å²) in [5, 5.41) is 0. The number of amides is 3. The molecule has 2 aliphatic heterocycles. The lowest BCUT2D eigenvalue weighted by atomic mass is 10.2. The zero-order valence-electron chi connectivity index (χ0n) is 14.6. The summed E-state index contributed by atoms with van der Waals surface area (Å²) in [6.07, 6.45) is 0. The van der Waals surface area contributed by atoms with Crippen molar-refractivity contribution in [3.63, 3.8) is 0 Å². The fourth-order valence-electron chi connectivity index (χ4n) is 3.05. The highest BCUT2D eigenvalue weighted by molar-refractivity contribution is 5.79. The Morgan fingerprint density at radius 1 is 0.960 bits per heavy atom. The van der Waals surface area contributed by atoms with Crippen molar-refractivity contribution in [1.82, 2.24) is 14.7 Å². The molecule has 0 aliphatic carbocycles. The van der Waals surface area contributed by atoms with Crippen LogP contribution in [0.3, 0.4) is 0 Å². The minimum Gasteiger partial charge on any atom is -0.484 e. The van der Waals surface area contributed by atoms with Crippen LogP contribution >= 0.6 is 0 Å². The average Bonchev–Trinajstić information content (AvgIpc) is 2.67. The molecule has 7 nitrogen and oxygen atoms in total. The van der Waals surface area contributed by atoms with Crippen LogP contribution in [0.4, 0.5) is 4.79 Å². The van der Waals surface area contributed by atoms with Crippen molar-refractivity contribution in [3.8, 4) is 5.75 Å². The molecular formula is C18H25N3O4. The summed E-state index contributed by atoms with van der Waals surface area (Å²) >= 11 is 0. The number of aryl methyl sites for hydroxylation is 1. The maximum atomic E-state index is 12.4. The minimum atomic E-state index is -0.0401. The maximum absolute atomic E-state index is 12.4. The van der Waals surface area contributed by atoms with Gasteiger partial charge in [0, 0.05) is 39.3 Å². The molecule has 0 bridgehead atoms. The quantitative estimate of drug-likeness (QED) is 0.817. The third-order valence-corrected chi connectivity index (χ3v) is 4.63. The number of ether oxygens (including phenoxy) is 2. The van der Waals surface area contributed by atoms with Crippen molar-refractivity contribution in [2.75, 3.05) is 59.1 Å². The Morgan fingerprint density at radius 2 is 1.56 bits per heavy atom. The van der Waals surface area contributed by atoms with Crippen LogP contribution in [-0.2, 0) is 9.53 Å². The highest BCUT2D eigenvalue weighted by Crippen LogP contribution is 2.16. The predicted molar refractivity (Wildman–Crippen MR) is 92.6 cm³/mol. The fraction of sp³-hybridized carbons (Fsp3) is 0.556. The van der Waals surface area contributed by atoms with Crippen LogP contribution in [0.1, 0.15) is 5.56 Å². The van der Waals surface area contributed by atoms with E-state index in [9.17, 15) is 9.59 Å². The first-order valence-corrected chi connectivity index (χ1v) is 8.73. The summed E-state index contributed by atoms with van der Waals surface area (Å²) in [6, 6.07) is 7.70. The predicted octanol–water partition coefficient (Wildman–Crippen LogP) is 0.970. The SMILES string of the molecule is Cc1ccccc1OCC(=O)N1CCN(C(=O)N2CCOCC2)CC1. The van der Waals surface area contributed by atoms with Crippen LogP contribution in [0.2, 0.25) is 0 Å². The molecule has 1 aromatic carbocycles. The Kier molecular flexibility index (Phi) is 5.75. The molecule has 2 heterocycles. The monoisotopic (exact) mass is 347 g/mol. The van der Waals surface area contributed by atoms with Crippen molar-refractivity contribution in [2.45, 2.75) is 6.92 Å². The van der Waals surface area contributed by atoms with E-state index in [2.05, 4.69) is 0 Å². The summed E-state index contributed by atoms with van der Waals surface area (Å²) in [5.74, 6) is 0.693. The lowest BCUT2D eigenvalue weighted by Crippen LogP contribution is -2.56. The number of morpholine rings is 1. The molecule has 3 amide bonds. The molecule has 2 aliphatic rings. The number of nitrogens with zero attached hydrogens (tertiary/aromatic N) is 3. The van der Waals surface area contributed by atoms with Crippen molar-refractivity contribution in [3.05, 3.63) is 29.8 Å². The van der Waals surface area contributed by atoms with Crippen LogP contribution < -0.4 is 4.74 Å². The fourth-order valence-corrected chi connectivity index (χ4v) is 3.05. The summed E-state index contributed by atoms with van der Waals surface area (Å²) in [7, 11) is 0. The van der Waals surface area contributed by atoms with Gasteiger partial charge in [0.2, 0.25) is 0 Å². The molecule has 0 unspecified atom stereocenters. The second kappa shape index (κ2) is 8.20. The number of hydrogen-bond donors (Lipinski definition) is 0. The molecular weight excluding hydrogens is 322 g/mol. The number of carbonyl (C=O) groups is 2. The highest BCUT2D eigenvalue weighted by Gasteiger charge is 2.28. The average molecular weight is 347 g/mol. The third kappa shape index (κ3) is 4.42. The molecule has 1 aromatic rings. The third-order valence-electron chi connectivity index (χ3n) is 4.63. The molecule has 0 N–H and O–H groups in total. The first-order chi connectivity index (χ1) is 12.1. The molecule has 0 atom stereocenters. The molecule has 0 spiro atoms. The van der Waals surface area contributed by atoms with Crippen LogP contribution in [0.15, 0.2) is 24.3 Å². The van der Waals surface area contributed by atoms with E-state index in [1.165, 1.54) is 0 Å². The molecule has 136 valence electrons. The van der Waals surface area contributed by atoms with E-state index in [0.29, 0.717) is 52.5 Å². The number of piperazine rings is 1. The number of urea groups is 1. The maximum Gasteiger partial charge on any atom is 0.320 e. The molecule has 25 heavy (non-hydrogen) atoms. The first kappa shape index (κ1) is 17.5. The second-order valence-corrected chi connectivity index (χ2v) is 6.30. The van der Waals surface area contributed by atoms with E-state index >= 15 is 0 Å². The molecule has 2 fully saturated rings. The first-order valence-electron chi connectivity index (χ1n) is 8.73. The van der Waals surface area contributed by atoms with Gasteiger partial charge in [0.05, 0.1) is 13.2 Å². The van der Waals surface area contributed by atoms with Gasteiger partial charge < -0.3 is 24.2 Å². The van der Waals surface area contributed by atoms with E-state index < -0.39 is 0 Å². The van der Waals surface area contributed by atoms with E-state index in [1.54, 1.807) is 4.90 Å². The van der Waals surface area contributed by atoms with Crippen molar-refractivity contribution in [1.29, 1.82) is 0 Å². The standard InChI is InChI=1S/C18H25N3O4/c1-15-4-2-3-5-16(15)25-14-17(22)19-6-8-20(9-7-19)18(23)21-10-12-24-13-11-21/h2-5H,6-14H2,1H3. The van der Waals surface area contributed by atoms with Crippen LogP contribution in [-0.4, -0.2) is 85.7 Å². The van der Waals surface area contributed by atoms with Crippen LogP contribution in [0.5, 0.6) is 5.75 Å². The Morgan fingerprint density at radius 3 is 2.24 bits per heavy atom. The Balaban J connectivity index is 1.44. The molecule has 0 radical (unpaired) electrons. The summed E-state index contributed by atoms with van der Waals surface area (Å²) in [5.41, 5.74) is 1.01. The molecule has 7 heteroatoms. The van der Waals surface area contributed by atoms with Gasteiger partial charge >= 0.3 is 6.03 Å². The van der Waals surface area contributed by atoms with Gasteiger partial charge in [0.15, 0.2) is 6.61 Å². The van der Waals surface area contributed by atoms with Gasteiger partial charge in [-0.25, -0.2) is 4.79 Å². The number of benzene rings is 1. The van der Waals surface area contributed by atoms with Gasteiger partial charge in [-0.1, -0.05) is 18.2 Å². The Bertz CT molecular complexity index is 608. The summed E-state index contributed by atoms with van der Waals surface area (Å²) < 4.78 is 10.9. The molecule has 0 saturated carbocycles. The van der Waals surface area contributed by atoms with E-state index in [0.717, 1.165) is 11.3 Å². The number of hydrogen-bond acceptors (Lipinski definition) is 4. The van der Waals surface area contributed by atoms with Gasteiger partial charge in [0.1, 0.15) is 5.75 Å². The number of carbonyl (C=O) groups excluding carboxylic acids is 2. The van der Waals surface area contributed by atoms with Gasteiger partial charge in [-0.05, 0) is 18.6 Å². The zero-order valence-corrected chi connectivity index (χ0v) is 14.6. The zero-order chi connectivity index (χ0) is 17.6. The second-order valence-electron chi connectivity index (χ2n) is 6.30. The Hall–Kier alpha value is -2.28. The normalized spacial score (nSPS) is 18.2. The van der Waals surface area contributed by atoms with Crippen molar-refractivity contribution >= 4 is 11.9 Å². The van der Waals surface area contributed by atoms with Gasteiger partial charge in [-0.15, -0.1) is 0 Å². The van der Waals surface area contributed by atoms with E-state index in [-0.39, 0.29) is 18.5 Å². The topological polar surface area (TPSA) is 62.3 Å². The summed E-state index contributed by atoms with van der Waals surface area (Å²) in [4.78, 5) is 30.2. The summed E-state index contributed by atoms with van der Waals surface area (Å²) in [6.45, 7) is 6.68. The minimum absolute atomic E-state index is 0.0300. The van der Waals surface area contributed by atoms with Gasteiger partial charge in [-0.3, -0.25) is 4.79 Å². The number of rotatable bonds is 3.